The fraction of sp³-hybridized carbons (Fsp3) is 0.200. The summed E-state index contributed by atoms with van der Waals surface area (Å²) in [6.45, 7) is 2.10. The van der Waals surface area contributed by atoms with Gasteiger partial charge in [-0.1, -0.05) is 18.2 Å². The molecule has 2 aromatic rings. The third-order valence-corrected chi connectivity index (χ3v) is 3.90. The fourth-order valence-corrected chi connectivity index (χ4v) is 2.75. The molecular formula is C10H9ClN2S2. The number of benzene rings is 1. The van der Waals surface area contributed by atoms with E-state index in [0.29, 0.717) is 4.47 Å². The summed E-state index contributed by atoms with van der Waals surface area (Å²) in [5.41, 5.74) is 1.28. The second-order valence-corrected chi connectivity index (χ2v) is 5.37. The SMILES string of the molecule is Cc1ccccc1SCc1nsc(Cl)n1. The van der Waals surface area contributed by atoms with Crippen molar-refractivity contribution in [3.8, 4) is 0 Å². The van der Waals surface area contributed by atoms with Gasteiger partial charge in [-0.05, 0) is 41.7 Å². The van der Waals surface area contributed by atoms with Crippen LogP contribution in [0.4, 0.5) is 0 Å². The minimum Gasteiger partial charge on any atom is -0.207 e. The van der Waals surface area contributed by atoms with E-state index in [1.165, 1.54) is 22.0 Å². The molecule has 0 aliphatic heterocycles. The Hall–Kier alpha value is -0.580. The highest BCUT2D eigenvalue weighted by molar-refractivity contribution is 7.98. The lowest BCUT2D eigenvalue weighted by Gasteiger charge is -2.02. The van der Waals surface area contributed by atoms with Crippen LogP contribution in [0.2, 0.25) is 4.47 Å². The monoisotopic (exact) mass is 256 g/mol. The molecule has 0 bridgehead atoms. The second kappa shape index (κ2) is 4.96. The van der Waals surface area contributed by atoms with Gasteiger partial charge < -0.3 is 0 Å². The smallest absolute Gasteiger partial charge is 0.203 e. The minimum absolute atomic E-state index is 0.510. The Kier molecular flexibility index (Phi) is 3.61. The highest BCUT2D eigenvalue weighted by Gasteiger charge is 2.03. The average molecular weight is 257 g/mol. The summed E-state index contributed by atoms with van der Waals surface area (Å²) in [4.78, 5) is 5.37. The van der Waals surface area contributed by atoms with Gasteiger partial charge in [-0.2, -0.15) is 4.37 Å². The maximum absolute atomic E-state index is 5.71. The summed E-state index contributed by atoms with van der Waals surface area (Å²) in [5, 5.41) is 0. The molecule has 0 atom stereocenters. The van der Waals surface area contributed by atoms with E-state index in [0.717, 1.165) is 11.6 Å². The standard InChI is InChI=1S/C10H9ClN2S2/c1-7-4-2-3-5-8(7)14-6-9-12-10(11)15-13-9/h2-5H,6H2,1H3. The lowest BCUT2D eigenvalue weighted by molar-refractivity contribution is 1.13. The molecule has 0 aliphatic carbocycles. The molecule has 0 spiro atoms. The van der Waals surface area contributed by atoms with E-state index in [1.54, 1.807) is 11.8 Å². The molecular weight excluding hydrogens is 248 g/mol. The first kappa shape index (κ1) is 10.9. The topological polar surface area (TPSA) is 25.8 Å². The molecule has 2 nitrogen and oxygen atoms in total. The summed E-state index contributed by atoms with van der Waals surface area (Å²) in [6.07, 6.45) is 0. The molecule has 2 rings (SSSR count). The largest absolute Gasteiger partial charge is 0.207 e. The van der Waals surface area contributed by atoms with Crippen molar-refractivity contribution in [2.45, 2.75) is 17.6 Å². The van der Waals surface area contributed by atoms with Crippen molar-refractivity contribution in [3.63, 3.8) is 0 Å². The summed E-state index contributed by atoms with van der Waals surface area (Å²) in [7, 11) is 0. The van der Waals surface area contributed by atoms with Crippen molar-refractivity contribution in [2.75, 3.05) is 0 Å². The van der Waals surface area contributed by atoms with Crippen molar-refractivity contribution in [1.82, 2.24) is 9.36 Å². The molecule has 78 valence electrons. The van der Waals surface area contributed by atoms with Gasteiger partial charge in [0.05, 0.1) is 5.75 Å². The van der Waals surface area contributed by atoms with E-state index < -0.39 is 0 Å². The van der Waals surface area contributed by atoms with E-state index >= 15 is 0 Å². The van der Waals surface area contributed by atoms with Crippen molar-refractivity contribution >= 4 is 34.9 Å². The van der Waals surface area contributed by atoms with Gasteiger partial charge in [0.15, 0.2) is 5.82 Å². The van der Waals surface area contributed by atoms with Crippen LogP contribution in [0.25, 0.3) is 0 Å². The molecule has 5 heteroatoms. The molecule has 0 fully saturated rings. The van der Waals surface area contributed by atoms with Crippen molar-refractivity contribution in [1.29, 1.82) is 0 Å². The molecule has 1 aromatic heterocycles. The van der Waals surface area contributed by atoms with Crippen LogP contribution in [0, 0.1) is 6.92 Å². The van der Waals surface area contributed by atoms with Gasteiger partial charge in [0, 0.05) is 4.90 Å². The van der Waals surface area contributed by atoms with Crippen LogP contribution in [-0.4, -0.2) is 9.36 Å². The maximum Gasteiger partial charge on any atom is 0.203 e. The lowest BCUT2D eigenvalue weighted by Crippen LogP contribution is -1.84. The minimum atomic E-state index is 0.510. The highest BCUT2D eigenvalue weighted by atomic mass is 35.5. The molecule has 0 radical (unpaired) electrons. The molecule has 0 aliphatic rings. The molecule has 15 heavy (non-hydrogen) atoms. The Morgan fingerprint density at radius 2 is 2.20 bits per heavy atom. The fourth-order valence-electron chi connectivity index (χ4n) is 1.15. The zero-order valence-corrected chi connectivity index (χ0v) is 10.5. The van der Waals surface area contributed by atoms with Crippen molar-refractivity contribution in [3.05, 3.63) is 40.1 Å². The van der Waals surface area contributed by atoms with Gasteiger partial charge >= 0.3 is 0 Å². The normalized spacial score (nSPS) is 10.5. The lowest BCUT2D eigenvalue weighted by atomic mass is 10.2. The molecule has 1 aromatic carbocycles. The summed E-state index contributed by atoms with van der Waals surface area (Å²) in [6, 6.07) is 8.28. The Balaban J connectivity index is 2.02. The number of aryl methyl sites for hydroxylation is 1. The number of hydrogen-bond donors (Lipinski definition) is 0. The third kappa shape index (κ3) is 2.93. The number of hydrogen-bond acceptors (Lipinski definition) is 4. The second-order valence-electron chi connectivity index (χ2n) is 3.02. The first-order valence-electron chi connectivity index (χ1n) is 4.42. The zero-order chi connectivity index (χ0) is 10.7. The van der Waals surface area contributed by atoms with E-state index in [2.05, 4.69) is 28.4 Å². The molecule has 1 heterocycles. The Morgan fingerprint density at radius 3 is 2.87 bits per heavy atom. The van der Waals surface area contributed by atoms with E-state index in [-0.39, 0.29) is 0 Å². The van der Waals surface area contributed by atoms with Crippen LogP contribution in [0.1, 0.15) is 11.4 Å². The summed E-state index contributed by atoms with van der Waals surface area (Å²) >= 11 is 8.68. The zero-order valence-electron chi connectivity index (χ0n) is 8.11. The first-order valence-corrected chi connectivity index (χ1v) is 6.56. The van der Waals surface area contributed by atoms with Crippen LogP contribution in [0.5, 0.6) is 0 Å². The van der Waals surface area contributed by atoms with Gasteiger partial charge in [0.1, 0.15) is 0 Å². The van der Waals surface area contributed by atoms with Gasteiger partial charge in [0.2, 0.25) is 4.47 Å². The number of thioether (sulfide) groups is 1. The quantitative estimate of drug-likeness (QED) is 0.782. The number of rotatable bonds is 3. The van der Waals surface area contributed by atoms with Crippen LogP contribution < -0.4 is 0 Å². The van der Waals surface area contributed by atoms with Crippen LogP contribution in [-0.2, 0) is 5.75 Å². The number of nitrogens with zero attached hydrogens (tertiary/aromatic N) is 2. The molecule has 0 saturated heterocycles. The van der Waals surface area contributed by atoms with Crippen molar-refractivity contribution in [2.24, 2.45) is 0 Å². The van der Waals surface area contributed by atoms with E-state index in [1.807, 2.05) is 12.1 Å². The average Bonchev–Trinajstić information content (AvgIpc) is 2.63. The van der Waals surface area contributed by atoms with Crippen molar-refractivity contribution < 1.29 is 0 Å². The Labute approximate surface area is 102 Å². The predicted octanol–water partition coefficient (Wildman–Crippen LogP) is 3.79. The summed E-state index contributed by atoms with van der Waals surface area (Å²) < 4.78 is 4.65. The van der Waals surface area contributed by atoms with Gasteiger partial charge in [-0.15, -0.1) is 11.8 Å². The molecule has 0 N–H and O–H groups in total. The Bertz CT molecular complexity index is 456. The predicted molar refractivity (Wildman–Crippen MR) is 65.7 cm³/mol. The van der Waals surface area contributed by atoms with Crippen LogP contribution in [0.15, 0.2) is 29.2 Å². The summed E-state index contributed by atoms with van der Waals surface area (Å²) in [5.74, 6) is 1.58. The van der Waals surface area contributed by atoms with Gasteiger partial charge in [-0.3, -0.25) is 0 Å². The molecule has 0 saturated carbocycles. The Morgan fingerprint density at radius 1 is 1.40 bits per heavy atom. The highest BCUT2D eigenvalue weighted by Crippen LogP contribution is 2.25. The van der Waals surface area contributed by atoms with Crippen LogP contribution >= 0.6 is 34.9 Å². The number of aromatic nitrogens is 2. The first-order chi connectivity index (χ1) is 7.25. The molecule has 0 unspecified atom stereocenters. The van der Waals surface area contributed by atoms with Crippen LogP contribution in [0.3, 0.4) is 0 Å². The van der Waals surface area contributed by atoms with Gasteiger partial charge in [0.25, 0.3) is 0 Å². The number of halogens is 1. The van der Waals surface area contributed by atoms with E-state index in [9.17, 15) is 0 Å². The van der Waals surface area contributed by atoms with Gasteiger partial charge in [-0.25, -0.2) is 4.98 Å². The third-order valence-electron chi connectivity index (χ3n) is 1.89. The maximum atomic E-state index is 5.71. The molecule has 0 amide bonds. The van der Waals surface area contributed by atoms with E-state index in [4.69, 9.17) is 11.6 Å².